The van der Waals surface area contributed by atoms with Crippen molar-refractivity contribution in [1.29, 1.82) is 0 Å². The topological polar surface area (TPSA) is 49.7 Å². The van der Waals surface area contributed by atoms with Crippen molar-refractivity contribution in [2.75, 3.05) is 13.2 Å². The first-order valence-corrected chi connectivity index (χ1v) is 4.04. The lowest BCUT2D eigenvalue weighted by Gasteiger charge is -2.24. The van der Waals surface area contributed by atoms with Gasteiger partial charge in [-0.2, -0.15) is 0 Å². The van der Waals surface area contributed by atoms with Crippen molar-refractivity contribution in [3.05, 3.63) is 0 Å². The minimum atomic E-state index is -0.755. The number of aliphatic hydroxyl groups excluding tert-OH is 2. The van der Waals surface area contributed by atoms with E-state index >= 15 is 0 Å². The molecule has 0 rings (SSSR count). The highest BCUT2D eigenvalue weighted by molar-refractivity contribution is 4.70. The smallest absolute Gasteiger partial charge is 0.103 e. The summed E-state index contributed by atoms with van der Waals surface area (Å²) in [4.78, 5) is 0. The summed E-state index contributed by atoms with van der Waals surface area (Å²) < 4.78 is 5.25. The number of aliphatic hydroxyl groups is 2. The fourth-order valence-corrected chi connectivity index (χ4v) is 1.04. The number of rotatable bonds is 5. The Labute approximate surface area is 68.0 Å². The van der Waals surface area contributed by atoms with Crippen molar-refractivity contribution < 1.29 is 14.9 Å². The van der Waals surface area contributed by atoms with Crippen molar-refractivity contribution in [2.45, 2.75) is 33.0 Å². The maximum Gasteiger partial charge on any atom is 0.103 e. The van der Waals surface area contributed by atoms with E-state index in [0.29, 0.717) is 6.61 Å². The molecule has 3 nitrogen and oxygen atoms in total. The van der Waals surface area contributed by atoms with Crippen molar-refractivity contribution >= 4 is 0 Å². The molecule has 0 aliphatic carbocycles. The average molecular weight is 162 g/mol. The van der Waals surface area contributed by atoms with E-state index in [9.17, 15) is 5.11 Å². The zero-order chi connectivity index (χ0) is 8.85. The lowest BCUT2D eigenvalue weighted by Crippen LogP contribution is -2.36. The summed E-state index contributed by atoms with van der Waals surface area (Å²) in [6.45, 7) is 6.13. The van der Waals surface area contributed by atoms with Crippen LogP contribution in [-0.2, 0) is 4.74 Å². The van der Waals surface area contributed by atoms with Crippen LogP contribution < -0.4 is 0 Å². The molecule has 0 aliphatic rings. The second kappa shape index (κ2) is 5.52. The van der Waals surface area contributed by atoms with Gasteiger partial charge in [0.2, 0.25) is 0 Å². The van der Waals surface area contributed by atoms with Crippen LogP contribution >= 0.6 is 0 Å². The van der Waals surface area contributed by atoms with Gasteiger partial charge >= 0.3 is 0 Å². The van der Waals surface area contributed by atoms with Gasteiger partial charge in [-0.15, -0.1) is 0 Å². The Balaban J connectivity index is 3.87. The first kappa shape index (κ1) is 10.9. The summed E-state index contributed by atoms with van der Waals surface area (Å²) in [6.07, 6.45) is -1.00. The standard InChI is InChI=1S/C8H18O3/c1-4-11-8(6(2)3)7(10)5-9/h6-10H,4-5H2,1-3H3/t7?,8-/m1/s1. The van der Waals surface area contributed by atoms with Crippen LogP contribution in [0.4, 0.5) is 0 Å². The first-order chi connectivity index (χ1) is 5.13. The Hall–Kier alpha value is -0.120. The van der Waals surface area contributed by atoms with E-state index in [-0.39, 0.29) is 18.6 Å². The molecule has 0 fully saturated rings. The predicted octanol–water partition coefficient (Wildman–Crippen LogP) is 0.401. The number of hydrogen-bond donors (Lipinski definition) is 2. The van der Waals surface area contributed by atoms with E-state index in [1.54, 1.807) is 0 Å². The molecule has 1 unspecified atom stereocenters. The number of hydrogen-bond acceptors (Lipinski definition) is 3. The molecule has 0 amide bonds. The van der Waals surface area contributed by atoms with Gasteiger partial charge in [-0.3, -0.25) is 0 Å². The van der Waals surface area contributed by atoms with E-state index in [0.717, 1.165) is 0 Å². The van der Waals surface area contributed by atoms with Crippen LogP contribution in [0.15, 0.2) is 0 Å². The molecular weight excluding hydrogens is 144 g/mol. The van der Waals surface area contributed by atoms with Crippen molar-refractivity contribution in [3.63, 3.8) is 0 Å². The quantitative estimate of drug-likeness (QED) is 0.615. The lowest BCUT2D eigenvalue weighted by atomic mass is 10.0. The minimum Gasteiger partial charge on any atom is -0.394 e. The Bertz CT molecular complexity index is 93.3. The second-order valence-electron chi connectivity index (χ2n) is 2.91. The summed E-state index contributed by atoms with van der Waals surface area (Å²) >= 11 is 0. The van der Waals surface area contributed by atoms with E-state index in [2.05, 4.69) is 0 Å². The normalized spacial score (nSPS) is 16.9. The molecule has 68 valence electrons. The molecule has 0 aliphatic heterocycles. The molecule has 3 heteroatoms. The Morgan fingerprint density at radius 1 is 1.36 bits per heavy atom. The van der Waals surface area contributed by atoms with Crippen molar-refractivity contribution in [1.82, 2.24) is 0 Å². The molecule has 2 atom stereocenters. The van der Waals surface area contributed by atoms with Crippen LogP contribution in [0.3, 0.4) is 0 Å². The highest BCUT2D eigenvalue weighted by atomic mass is 16.5. The van der Waals surface area contributed by atoms with Gasteiger partial charge in [-0.1, -0.05) is 13.8 Å². The van der Waals surface area contributed by atoms with Crippen molar-refractivity contribution in [3.8, 4) is 0 Å². The third-order valence-electron chi connectivity index (χ3n) is 1.58. The van der Waals surface area contributed by atoms with E-state index in [4.69, 9.17) is 9.84 Å². The first-order valence-electron chi connectivity index (χ1n) is 4.04. The van der Waals surface area contributed by atoms with Gasteiger partial charge in [0.05, 0.1) is 12.7 Å². The SMILES string of the molecule is CCO[C@H](C(C)C)C(O)CO. The predicted molar refractivity (Wildman–Crippen MR) is 43.3 cm³/mol. The van der Waals surface area contributed by atoms with Gasteiger partial charge in [0, 0.05) is 6.61 Å². The Kier molecular flexibility index (Phi) is 5.46. The van der Waals surface area contributed by atoms with Crippen LogP contribution in [0.25, 0.3) is 0 Å². The maximum absolute atomic E-state index is 9.24. The van der Waals surface area contributed by atoms with E-state index in [1.165, 1.54) is 0 Å². The summed E-state index contributed by atoms with van der Waals surface area (Å²) in [7, 11) is 0. The molecular formula is C8H18O3. The molecule has 0 aromatic carbocycles. The van der Waals surface area contributed by atoms with Crippen molar-refractivity contribution in [2.24, 2.45) is 5.92 Å². The van der Waals surface area contributed by atoms with Crippen LogP contribution in [-0.4, -0.2) is 35.6 Å². The molecule has 0 aromatic heterocycles. The summed E-state index contributed by atoms with van der Waals surface area (Å²) in [5.41, 5.74) is 0. The Morgan fingerprint density at radius 2 is 1.91 bits per heavy atom. The van der Waals surface area contributed by atoms with Gasteiger partial charge in [-0.05, 0) is 12.8 Å². The molecule has 2 N–H and O–H groups in total. The van der Waals surface area contributed by atoms with E-state index in [1.807, 2.05) is 20.8 Å². The van der Waals surface area contributed by atoms with Gasteiger partial charge in [0.15, 0.2) is 0 Å². The third kappa shape index (κ3) is 3.70. The third-order valence-corrected chi connectivity index (χ3v) is 1.58. The zero-order valence-electron chi connectivity index (χ0n) is 7.45. The maximum atomic E-state index is 9.24. The molecule has 0 heterocycles. The molecule has 0 saturated heterocycles. The molecule has 0 radical (unpaired) electrons. The van der Waals surface area contributed by atoms with Gasteiger partial charge < -0.3 is 14.9 Å². The molecule has 11 heavy (non-hydrogen) atoms. The van der Waals surface area contributed by atoms with Crippen LogP contribution in [0.2, 0.25) is 0 Å². The highest BCUT2D eigenvalue weighted by Gasteiger charge is 2.21. The van der Waals surface area contributed by atoms with Crippen LogP contribution in [0.1, 0.15) is 20.8 Å². The number of ether oxygens (including phenoxy) is 1. The minimum absolute atomic E-state index is 0.233. The monoisotopic (exact) mass is 162 g/mol. The molecule has 0 bridgehead atoms. The van der Waals surface area contributed by atoms with E-state index < -0.39 is 6.10 Å². The zero-order valence-corrected chi connectivity index (χ0v) is 7.45. The molecule has 0 spiro atoms. The van der Waals surface area contributed by atoms with Crippen LogP contribution in [0.5, 0.6) is 0 Å². The lowest BCUT2D eigenvalue weighted by molar-refractivity contribution is -0.0749. The molecule has 0 aromatic rings. The van der Waals surface area contributed by atoms with Gasteiger partial charge in [-0.25, -0.2) is 0 Å². The molecule has 0 saturated carbocycles. The van der Waals surface area contributed by atoms with Crippen LogP contribution in [0, 0.1) is 5.92 Å². The van der Waals surface area contributed by atoms with Gasteiger partial charge in [0.1, 0.15) is 6.10 Å². The largest absolute Gasteiger partial charge is 0.394 e. The highest BCUT2D eigenvalue weighted by Crippen LogP contribution is 2.10. The van der Waals surface area contributed by atoms with Gasteiger partial charge in [0.25, 0.3) is 0 Å². The fraction of sp³-hybridized carbons (Fsp3) is 1.00. The summed E-state index contributed by atoms with van der Waals surface area (Å²) in [5, 5.41) is 17.9. The fourth-order valence-electron chi connectivity index (χ4n) is 1.04. The summed E-state index contributed by atoms with van der Waals surface area (Å²) in [6, 6.07) is 0. The Morgan fingerprint density at radius 3 is 2.18 bits per heavy atom. The second-order valence-corrected chi connectivity index (χ2v) is 2.91. The summed E-state index contributed by atoms with van der Waals surface area (Å²) in [5.74, 6) is 0.233. The average Bonchev–Trinajstić information content (AvgIpc) is 1.98.